The molecule has 0 saturated heterocycles. The summed E-state index contributed by atoms with van der Waals surface area (Å²) in [5.74, 6) is -6.23. The predicted molar refractivity (Wildman–Crippen MR) is 181 cm³/mol. The number of phenols is 1. The smallest absolute Gasteiger partial charge is 0.255 e. The number of rotatable bonds is 13. The molecule has 0 aromatic heterocycles. The number of aliphatic hydroxyl groups excluding tert-OH is 2. The zero-order valence-corrected chi connectivity index (χ0v) is 28.1. The van der Waals surface area contributed by atoms with Crippen LogP contribution in [0, 0.1) is 11.8 Å². The standard InChI is InChI=1S/C37H47N3O8/c1-5-6-7-8-9-10-15-39-19-20-11-14-27(48-4)23(16-20)22-12-13-26(41)29-24(22)17-21-18-25-31(40(2)3)33(43)30(36(38)46)35(45)37(25,47)34(44)28(21)32(29)42/h11-14,16,21,25,31,39,41,43-44,47H,5-10,15,17-19H2,1-4H3,(H2,38,46). The first kappa shape index (κ1) is 35.1. The van der Waals surface area contributed by atoms with Crippen LogP contribution in [0.3, 0.4) is 0 Å². The number of benzene rings is 2. The van der Waals surface area contributed by atoms with E-state index in [2.05, 4.69) is 12.2 Å². The summed E-state index contributed by atoms with van der Waals surface area (Å²) >= 11 is 0. The number of aromatic hydroxyl groups is 1. The van der Waals surface area contributed by atoms with E-state index in [0.29, 0.717) is 23.4 Å². The molecule has 7 N–H and O–H groups in total. The molecule has 2 aromatic carbocycles. The number of ether oxygens (including phenoxy) is 1. The van der Waals surface area contributed by atoms with Crippen molar-refractivity contribution in [1.82, 2.24) is 10.2 Å². The molecule has 0 aliphatic heterocycles. The molecule has 0 fully saturated rings. The second kappa shape index (κ2) is 14.1. The van der Waals surface area contributed by atoms with Gasteiger partial charge in [-0.1, -0.05) is 51.2 Å². The molecule has 2 aromatic rings. The summed E-state index contributed by atoms with van der Waals surface area (Å²) in [5, 5.41) is 49.0. The number of fused-ring (bicyclic) bond motifs is 3. The van der Waals surface area contributed by atoms with Gasteiger partial charge in [0.1, 0.15) is 28.6 Å². The fraction of sp³-hybridized carbons (Fsp3) is 0.486. The number of nitrogens with one attached hydrogen (secondary N) is 1. The van der Waals surface area contributed by atoms with Gasteiger partial charge in [-0.05, 0) is 80.7 Å². The fourth-order valence-electron chi connectivity index (χ4n) is 7.84. The molecule has 0 saturated carbocycles. The summed E-state index contributed by atoms with van der Waals surface area (Å²) in [4.78, 5) is 41.5. The van der Waals surface area contributed by atoms with Crippen molar-refractivity contribution in [3.05, 3.63) is 69.7 Å². The average molecular weight is 662 g/mol. The number of phenolic OH excluding ortho intramolecular Hbond substituents is 1. The minimum Gasteiger partial charge on any atom is -0.510 e. The monoisotopic (exact) mass is 661 g/mol. The number of nitrogens with zero attached hydrogens (tertiary/aromatic N) is 1. The Labute approximate surface area is 281 Å². The van der Waals surface area contributed by atoms with Crippen LogP contribution in [0.15, 0.2) is 53.0 Å². The average Bonchev–Trinajstić information content (AvgIpc) is 3.03. The lowest BCUT2D eigenvalue weighted by Gasteiger charge is -2.50. The van der Waals surface area contributed by atoms with Crippen molar-refractivity contribution >= 4 is 17.5 Å². The molecule has 3 aliphatic carbocycles. The van der Waals surface area contributed by atoms with Crippen LogP contribution in [-0.4, -0.2) is 82.2 Å². The van der Waals surface area contributed by atoms with Crippen molar-refractivity contribution < 1.29 is 39.5 Å². The van der Waals surface area contributed by atoms with Gasteiger partial charge in [-0.25, -0.2) is 0 Å². The van der Waals surface area contributed by atoms with E-state index in [9.17, 15) is 34.8 Å². The van der Waals surface area contributed by atoms with Crippen molar-refractivity contribution in [2.75, 3.05) is 27.7 Å². The summed E-state index contributed by atoms with van der Waals surface area (Å²) < 4.78 is 5.73. The van der Waals surface area contributed by atoms with Crippen molar-refractivity contribution in [2.24, 2.45) is 17.6 Å². The number of Topliss-reactive ketones (excluding diaryl/α,β-unsaturated/α-hetero) is 2. The molecular formula is C37H47N3O8. The van der Waals surface area contributed by atoms with Crippen LogP contribution in [0.25, 0.3) is 11.1 Å². The third-order valence-electron chi connectivity index (χ3n) is 10.2. The molecule has 11 nitrogen and oxygen atoms in total. The lowest BCUT2D eigenvalue weighted by molar-refractivity contribution is -0.148. The first-order chi connectivity index (χ1) is 22.9. The highest BCUT2D eigenvalue weighted by Crippen LogP contribution is 2.53. The summed E-state index contributed by atoms with van der Waals surface area (Å²) in [7, 11) is 4.77. The number of amides is 1. The van der Waals surface area contributed by atoms with Crippen LogP contribution >= 0.6 is 0 Å². The van der Waals surface area contributed by atoms with Gasteiger partial charge in [0, 0.05) is 23.6 Å². The molecule has 48 heavy (non-hydrogen) atoms. The Balaban J connectivity index is 1.52. The zero-order chi connectivity index (χ0) is 34.9. The van der Waals surface area contributed by atoms with E-state index in [0.717, 1.165) is 24.1 Å². The first-order valence-electron chi connectivity index (χ1n) is 16.8. The number of ketones is 2. The first-order valence-corrected chi connectivity index (χ1v) is 16.8. The van der Waals surface area contributed by atoms with Crippen LogP contribution in [0.2, 0.25) is 0 Å². The van der Waals surface area contributed by atoms with Gasteiger partial charge < -0.3 is 36.2 Å². The van der Waals surface area contributed by atoms with Crippen LogP contribution < -0.4 is 15.8 Å². The summed E-state index contributed by atoms with van der Waals surface area (Å²) in [6.45, 7) is 3.74. The SMILES string of the molecule is CCCCCCCCNCc1ccc(OC)c(-c2ccc(O)c3c2CC2CC4C(N(C)C)C(O)=C(C(N)=O)C(=O)C4(O)C(O)=C2C3=O)c1. The van der Waals surface area contributed by atoms with Crippen molar-refractivity contribution in [3.63, 3.8) is 0 Å². The maximum absolute atomic E-state index is 14.2. The molecule has 4 unspecified atom stereocenters. The Kier molecular flexibility index (Phi) is 10.3. The van der Waals surface area contributed by atoms with Gasteiger partial charge in [-0.3, -0.25) is 19.3 Å². The second-order valence-corrected chi connectivity index (χ2v) is 13.4. The molecule has 0 spiro atoms. The number of hydrogen-bond donors (Lipinski definition) is 6. The lowest BCUT2D eigenvalue weighted by Crippen LogP contribution is -2.63. The zero-order valence-electron chi connectivity index (χ0n) is 28.1. The van der Waals surface area contributed by atoms with Crippen molar-refractivity contribution in [1.29, 1.82) is 0 Å². The van der Waals surface area contributed by atoms with Crippen molar-refractivity contribution in [3.8, 4) is 22.6 Å². The van der Waals surface area contributed by atoms with Crippen molar-refractivity contribution in [2.45, 2.75) is 76.5 Å². The second-order valence-electron chi connectivity index (χ2n) is 13.4. The molecule has 4 atom stereocenters. The largest absolute Gasteiger partial charge is 0.510 e. The van der Waals surface area contributed by atoms with E-state index in [1.807, 2.05) is 18.2 Å². The number of unbranched alkanes of at least 4 members (excludes halogenated alkanes) is 5. The molecule has 0 bridgehead atoms. The molecule has 5 rings (SSSR count). The number of carbonyl (C=O) groups excluding carboxylic acids is 3. The summed E-state index contributed by atoms with van der Waals surface area (Å²) in [5.41, 5.74) is 4.65. The van der Waals surface area contributed by atoms with Gasteiger partial charge in [0.2, 0.25) is 5.78 Å². The fourth-order valence-corrected chi connectivity index (χ4v) is 7.84. The number of allylic oxidation sites excluding steroid dienone is 1. The molecule has 11 heteroatoms. The van der Waals surface area contributed by atoms with Crippen LogP contribution in [0.1, 0.15) is 73.4 Å². The van der Waals surface area contributed by atoms with Gasteiger partial charge in [0.15, 0.2) is 11.4 Å². The van der Waals surface area contributed by atoms with Crippen LogP contribution in [-0.2, 0) is 22.6 Å². The highest BCUT2D eigenvalue weighted by atomic mass is 16.5. The maximum Gasteiger partial charge on any atom is 0.255 e. The van der Waals surface area contributed by atoms with Gasteiger partial charge in [-0.2, -0.15) is 0 Å². The number of methoxy groups -OCH3 is 1. The summed E-state index contributed by atoms with van der Waals surface area (Å²) in [6, 6.07) is 7.95. The van der Waals surface area contributed by atoms with Gasteiger partial charge in [0.25, 0.3) is 5.91 Å². The number of primary amides is 1. The maximum atomic E-state index is 14.2. The van der Waals surface area contributed by atoms with E-state index >= 15 is 0 Å². The molecule has 258 valence electrons. The highest BCUT2D eigenvalue weighted by molar-refractivity contribution is 6.25. The third-order valence-corrected chi connectivity index (χ3v) is 10.2. The van der Waals surface area contributed by atoms with Gasteiger partial charge in [-0.15, -0.1) is 0 Å². The molecule has 0 heterocycles. The number of aliphatic hydroxyl groups is 3. The Hall–Kier alpha value is -4.19. The van der Waals surface area contributed by atoms with Gasteiger partial charge >= 0.3 is 0 Å². The predicted octanol–water partition coefficient (Wildman–Crippen LogP) is 4.25. The minimum absolute atomic E-state index is 0.0143. The third kappa shape index (κ3) is 5.99. The Morgan fingerprint density at radius 3 is 2.42 bits per heavy atom. The quantitative estimate of drug-likeness (QED) is 0.134. The van der Waals surface area contributed by atoms with Gasteiger partial charge in [0.05, 0.1) is 18.7 Å². The Bertz CT molecular complexity index is 1680. The molecule has 0 radical (unpaired) electrons. The highest BCUT2D eigenvalue weighted by Gasteiger charge is 2.63. The topological polar surface area (TPSA) is 183 Å². The molecule has 3 aliphatic rings. The Morgan fingerprint density at radius 2 is 1.75 bits per heavy atom. The van der Waals surface area contributed by atoms with E-state index in [1.165, 1.54) is 43.1 Å². The van der Waals surface area contributed by atoms with Crippen LogP contribution in [0.5, 0.6) is 11.5 Å². The molecule has 1 amide bonds. The molecular weight excluding hydrogens is 614 g/mol. The van der Waals surface area contributed by atoms with E-state index < -0.39 is 58.0 Å². The lowest BCUT2D eigenvalue weighted by atomic mass is 9.58. The Morgan fingerprint density at radius 1 is 1.04 bits per heavy atom. The van der Waals surface area contributed by atoms with E-state index in [1.54, 1.807) is 27.3 Å². The van der Waals surface area contributed by atoms with Crippen LogP contribution in [0.4, 0.5) is 0 Å². The normalized spacial score (nSPS) is 23.7. The number of carbonyl (C=O) groups is 3. The number of hydrogen-bond acceptors (Lipinski definition) is 10. The van der Waals surface area contributed by atoms with E-state index in [4.69, 9.17) is 10.5 Å². The number of likely N-dealkylation sites (N-methyl/N-ethyl adjacent to an activating group) is 1. The minimum atomic E-state index is -2.68. The summed E-state index contributed by atoms with van der Waals surface area (Å²) in [6.07, 6.45) is 7.47. The number of nitrogens with two attached hydrogens (primary N) is 1. The van der Waals surface area contributed by atoms with E-state index in [-0.39, 0.29) is 29.7 Å².